The summed E-state index contributed by atoms with van der Waals surface area (Å²) in [6.07, 6.45) is -0.708. The number of benzene rings is 2. The van der Waals surface area contributed by atoms with Crippen molar-refractivity contribution in [2.24, 2.45) is 16.5 Å². The van der Waals surface area contributed by atoms with Gasteiger partial charge in [0.15, 0.2) is 0 Å². The van der Waals surface area contributed by atoms with E-state index in [0.29, 0.717) is 24.0 Å². The Morgan fingerprint density at radius 2 is 1.62 bits per heavy atom. The molecule has 302 valence electrons. The number of likely N-dealkylation sites (tertiary alicyclic amines) is 1. The first-order valence-corrected chi connectivity index (χ1v) is 19.9. The Labute approximate surface area is 326 Å². The molecular weight excluding hydrogens is 745 g/mol. The number of oxime groups is 1. The predicted molar refractivity (Wildman–Crippen MR) is 206 cm³/mol. The van der Waals surface area contributed by atoms with Gasteiger partial charge in [-0.2, -0.15) is 0 Å². The van der Waals surface area contributed by atoms with Gasteiger partial charge in [-0.3, -0.25) is 24.4 Å². The van der Waals surface area contributed by atoms with E-state index in [1.165, 1.54) is 11.0 Å². The average molecular weight is 795 g/mol. The summed E-state index contributed by atoms with van der Waals surface area (Å²) in [4.78, 5) is 69.7. The number of nitrogens with one attached hydrogen (secondary N) is 4. The second-order valence-electron chi connectivity index (χ2n) is 16.4. The summed E-state index contributed by atoms with van der Waals surface area (Å²) in [6, 6.07) is 12.9. The van der Waals surface area contributed by atoms with Crippen molar-refractivity contribution in [2.45, 2.75) is 102 Å². The van der Waals surface area contributed by atoms with Gasteiger partial charge in [-0.05, 0) is 51.5 Å². The van der Waals surface area contributed by atoms with E-state index in [-0.39, 0.29) is 30.8 Å². The fraction of sp³-hybridized carbons (Fsp3) is 0.487. The fourth-order valence-corrected chi connectivity index (χ4v) is 7.95. The smallest absolute Gasteiger partial charge is 0.411 e. The molecule has 2 aliphatic carbocycles. The van der Waals surface area contributed by atoms with Gasteiger partial charge in [-0.15, -0.1) is 6.58 Å². The highest BCUT2D eigenvalue weighted by atomic mass is 32.2. The highest BCUT2D eigenvalue weighted by molar-refractivity contribution is 7.91. The maximum atomic E-state index is 14.4. The summed E-state index contributed by atoms with van der Waals surface area (Å²) >= 11 is 0. The van der Waals surface area contributed by atoms with Crippen LogP contribution in [-0.4, -0.2) is 95.3 Å². The standard InChI is InChI=1S/C39H50N6O10S/c1-8-24-21-39(24,34(48)44-56(52,53)26-18-19-26)42-32(46)29-20-25(22-45(29)33(47)31(37(2,3)4)41-36(50)55-38(5,6)7)54-35(49)40-28-17-13-12-16-27(28)30(43-51)23-14-10-9-11-15-23/h8-17,24-26,29,31,51H,1,18-22H2,2-7H3,(H,40,49)(H,41,50)(H,42,46)(H,44,48)/b43-30-/t24?,25-,29+,31-,39?/m1/s1. The lowest BCUT2D eigenvalue weighted by Crippen LogP contribution is -2.60. The van der Waals surface area contributed by atoms with Crippen molar-refractivity contribution in [3.63, 3.8) is 0 Å². The molecule has 0 spiro atoms. The molecule has 2 saturated carbocycles. The normalized spacial score (nSPS) is 22.9. The van der Waals surface area contributed by atoms with Gasteiger partial charge in [0, 0.05) is 23.5 Å². The van der Waals surface area contributed by atoms with Crippen LogP contribution in [0.4, 0.5) is 15.3 Å². The lowest BCUT2D eigenvalue weighted by Gasteiger charge is -2.36. The van der Waals surface area contributed by atoms with Gasteiger partial charge in [0.1, 0.15) is 35.0 Å². The quantitative estimate of drug-likeness (QED) is 0.0898. The molecular formula is C39H50N6O10S. The van der Waals surface area contributed by atoms with Gasteiger partial charge in [0.2, 0.25) is 21.8 Å². The number of nitrogens with zero attached hydrogens (tertiary/aromatic N) is 2. The molecule has 5 amide bonds. The van der Waals surface area contributed by atoms with Gasteiger partial charge < -0.3 is 30.2 Å². The lowest BCUT2D eigenvalue weighted by atomic mass is 9.85. The van der Waals surface area contributed by atoms with Crippen molar-refractivity contribution in [3.8, 4) is 0 Å². The van der Waals surface area contributed by atoms with Crippen LogP contribution in [0.2, 0.25) is 0 Å². The number of ether oxygens (including phenoxy) is 2. The number of hydrogen-bond acceptors (Lipinski definition) is 11. The minimum atomic E-state index is -3.95. The van der Waals surface area contributed by atoms with E-state index in [4.69, 9.17) is 9.47 Å². The fourth-order valence-electron chi connectivity index (χ4n) is 6.59. The number of amides is 5. The minimum Gasteiger partial charge on any atom is -0.444 e. The molecule has 5 rings (SSSR count). The zero-order valence-corrected chi connectivity index (χ0v) is 33.1. The summed E-state index contributed by atoms with van der Waals surface area (Å²) in [5.74, 6) is -2.98. The maximum absolute atomic E-state index is 14.4. The Morgan fingerprint density at radius 3 is 2.20 bits per heavy atom. The number of para-hydroxylation sites is 1. The summed E-state index contributed by atoms with van der Waals surface area (Å²) in [7, 11) is -3.95. The molecule has 2 aromatic rings. The van der Waals surface area contributed by atoms with E-state index >= 15 is 0 Å². The second kappa shape index (κ2) is 16.0. The minimum absolute atomic E-state index is 0.0730. The molecule has 1 aliphatic heterocycles. The van der Waals surface area contributed by atoms with Crippen LogP contribution in [0.3, 0.4) is 0 Å². The SMILES string of the molecule is C=CC1CC1(NC(=O)[C@@H]1C[C@@H](OC(=O)Nc2ccccc2/C(=N\O)c2ccccc2)CN1C(=O)[C@@H](NC(=O)OC(C)(C)C)C(C)(C)C)C(=O)NS(=O)(=O)C1CC1. The van der Waals surface area contributed by atoms with E-state index < -0.39 is 85.8 Å². The van der Waals surface area contributed by atoms with Gasteiger partial charge in [0.05, 0.1) is 17.5 Å². The molecule has 0 aromatic heterocycles. The van der Waals surface area contributed by atoms with Crippen LogP contribution in [0.5, 0.6) is 0 Å². The molecule has 56 heavy (non-hydrogen) atoms. The molecule has 2 unspecified atom stereocenters. The first-order chi connectivity index (χ1) is 26.2. The Hall–Kier alpha value is -5.45. The lowest BCUT2D eigenvalue weighted by molar-refractivity contribution is -0.143. The van der Waals surface area contributed by atoms with E-state index in [1.54, 1.807) is 96.1 Å². The van der Waals surface area contributed by atoms with Gasteiger partial charge in [-0.1, -0.05) is 80.5 Å². The number of hydrogen-bond donors (Lipinski definition) is 5. The van der Waals surface area contributed by atoms with E-state index in [2.05, 4.69) is 32.4 Å². The molecule has 0 bridgehead atoms. The second-order valence-corrected chi connectivity index (χ2v) is 18.3. The van der Waals surface area contributed by atoms with Crippen LogP contribution in [0.25, 0.3) is 0 Å². The zero-order valence-electron chi connectivity index (χ0n) is 32.3. The molecule has 16 nitrogen and oxygen atoms in total. The summed E-state index contributed by atoms with van der Waals surface area (Å²) < 4.78 is 38.7. The molecule has 5 N–H and O–H groups in total. The first kappa shape index (κ1) is 41.7. The van der Waals surface area contributed by atoms with Crippen molar-refractivity contribution in [3.05, 3.63) is 78.4 Å². The van der Waals surface area contributed by atoms with Crippen molar-refractivity contribution in [1.82, 2.24) is 20.3 Å². The predicted octanol–water partition coefficient (Wildman–Crippen LogP) is 4.04. The van der Waals surface area contributed by atoms with Crippen LogP contribution >= 0.6 is 0 Å². The number of carbonyl (C=O) groups excluding carboxylic acids is 5. The van der Waals surface area contributed by atoms with E-state index in [1.807, 2.05) is 0 Å². The number of anilines is 1. The number of rotatable bonds is 12. The van der Waals surface area contributed by atoms with Crippen LogP contribution in [0.1, 0.15) is 78.4 Å². The van der Waals surface area contributed by atoms with Crippen molar-refractivity contribution in [2.75, 3.05) is 11.9 Å². The highest BCUT2D eigenvalue weighted by Gasteiger charge is 2.62. The Bertz CT molecular complexity index is 2000. The topological polar surface area (TPSA) is 222 Å². The third-order valence-electron chi connectivity index (χ3n) is 9.71. The van der Waals surface area contributed by atoms with Gasteiger partial charge >= 0.3 is 12.2 Å². The van der Waals surface area contributed by atoms with Crippen LogP contribution in [-0.2, 0) is 33.9 Å². The van der Waals surface area contributed by atoms with E-state index in [9.17, 15) is 37.6 Å². The summed E-state index contributed by atoms with van der Waals surface area (Å²) in [6.45, 7) is 13.6. The Kier molecular flexibility index (Phi) is 11.9. The maximum Gasteiger partial charge on any atom is 0.411 e. The Balaban J connectivity index is 1.40. The first-order valence-electron chi connectivity index (χ1n) is 18.3. The molecule has 5 atom stereocenters. The largest absolute Gasteiger partial charge is 0.444 e. The molecule has 1 saturated heterocycles. The van der Waals surface area contributed by atoms with Crippen LogP contribution < -0.4 is 20.7 Å². The zero-order chi connectivity index (χ0) is 41.2. The van der Waals surface area contributed by atoms with Gasteiger partial charge in [-0.25, -0.2) is 18.0 Å². The molecule has 0 radical (unpaired) electrons. The molecule has 2 aromatic carbocycles. The monoisotopic (exact) mass is 794 g/mol. The molecule has 3 aliphatic rings. The number of sulfonamides is 1. The highest BCUT2D eigenvalue weighted by Crippen LogP contribution is 2.45. The number of alkyl carbamates (subject to hydrolysis) is 1. The van der Waals surface area contributed by atoms with Crippen LogP contribution in [0, 0.1) is 11.3 Å². The summed E-state index contributed by atoms with van der Waals surface area (Å²) in [5.41, 5.74) is -2.02. The van der Waals surface area contributed by atoms with Gasteiger partial charge in [0.25, 0.3) is 5.91 Å². The molecule has 1 heterocycles. The summed E-state index contributed by atoms with van der Waals surface area (Å²) in [5, 5.41) is 20.7. The van der Waals surface area contributed by atoms with E-state index in [0.717, 1.165) is 0 Å². The third-order valence-corrected chi connectivity index (χ3v) is 11.5. The Morgan fingerprint density at radius 1 is 0.982 bits per heavy atom. The van der Waals surface area contributed by atoms with Crippen molar-refractivity contribution >= 4 is 51.3 Å². The molecule has 17 heteroatoms. The van der Waals surface area contributed by atoms with Crippen LogP contribution in [0.15, 0.2) is 72.4 Å². The third kappa shape index (κ3) is 9.67. The average Bonchev–Trinajstić information content (AvgIpc) is 4.04. The van der Waals surface area contributed by atoms with Crippen molar-refractivity contribution in [1.29, 1.82) is 0 Å². The molecule has 3 fully saturated rings. The number of carbonyl (C=O) groups is 5. The van der Waals surface area contributed by atoms with Crippen molar-refractivity contribution < 1.29 is 47.1 Å².